The lowest BCUT2D eigenvalue weighted by Crippen LogP contribution is -2.16. The summed E-state index contributed by atoms with van der Waals surface area (Å²) in [5, 5.41) is 4.14. The number of aryl methyl sites for hydroxylation is 2. The van der Waals surface area contributed by atoms with Crippen molar-refractivity contribution in [1.29, 1.82) is 0 Å². The van der Waals surface area contributed by atoms with Gasteiger partial charge in [0.05, 0.1) is 6.20 Å². The molecule has 100 valence electrons. The van der Waals surface area contributed by atoms with Gasteiger partial charge in [-0.05, 0) is 24.8 Å². The van der Waals surface area contributed by atoms with E-state index in [2.05, 4.69) is 5.10 Å². The lowest BCUT2D eigenvalue weighted by molar-refractivity contribution is -0.123. The Morgan fingerprint density at radius 3 is 2.56 bits per heavy atom. The van der Waals surface area contributed by atoms with Gasteiger partial charge in [-0.3, -0.25) is 9.48 Å². The Hall–Kier alpha value is -1.12. The SMILES string of the molecule is Cn1cc(CCC(=O)C2CCCCCCC2)cn1. The van der Waals surface area contributed by atoms with Crippen LogP contribution in [0.3, 0.4) is 0 Å². The lowest BCUT2D eigenvalue weighted by atomic mass is 9.86. The molecule has 0 saturated heterocycles. The Bertz CT molecular complexity index is 376. The summed E-state index contributed by atoms with van der Waals surface area (Å²) in [7, 11) is 1.92. The first-order valence-electron chi connectivity index (χ1n) is 7.26. The molecule has 0 aromatic carbocycles. The highest BCUT2D eigenvalue weighted by molar-refractivity contribution is 5.81. The first-order chi connectivity index (χ1) is 8.75. The third-order valence-corrected chi connectivity index (χ3v) is 3.98. The second kappa shape index (κ2) is 6.72. The van der Waals surface area contributed by atoms with Crippen molar-refractivity contribution in [1.82, 2.24) is 9.78 Å². The van der Waals surface area contributed by atoms with Crippen molar-refractivity contribution in [3.05, 3.63) is 18.0 Å². The molecule has 3 nitrogen and oxygen atoms in total. The maximum Gasteiger partial charge on any atom is 0.136 e. The Balaban J connectivity index is 1.79. The lowest BCUT2D eigenvalue weighted by Gasteiger charge is -2.18. The predicted molar refractivity (Wildman–Crippen MR) is 72.3 cm³/mol. The largest absolute Gasteiger partial charge is 0.299 e. The van der Waals surface area contributed by atoms with Gasteiger partial charge in [0, 0.05) is 25.6 Å². The van der Waals surface area contributed by atoms with E-state index in [1.165, 1.54) is 37.7 Å². The van der Waals surface area contributed by atoms with Gasteiger partial charge in [0.25, 0.3) is 0 Å². The summed E-state index contributed by atoms with van der Waals surface area (Å²) >= 11 is 0. The van der Waals surface area contributed by atoms with Crippen LogP contribution in [0, 0.1) is 5.92 Å². The van der Waals surface area contributed by atoms with Crippen molar-refractivity contribution in [2.24, 2.45) is 13.0 Å². The van der Waals surface area contributed by atoms with Gasteiger partial charge in [-0.1, -0.05) is 32.1 Å². The van der Waals surface area contributed by atoms with Gasteiger partial charge in [0.2, 0.25) is 0 Å². The van der Waals surface area contributed by atoms with E-state index in [0.717, 1.165) is 19.3 Å². The zero-order chi connectivity index (χ0) is 12.8. The standard InChI is InChI=1S/C15H24N2O/c1-17-12-13(11-16-17)9-10-15(18)14-7-5-3-2-4-6-8-14/h11-12,14H,2-10H2,1H3. The van der Waals surface area contributed by atoms with Crippen LogP contribution >= 0.6 is 0 Å². The molecule has 0 aliphatic heterocycles. The second-order valence-corrected chi connectivity index (χ2v) is 5.53. The van der Waals surface area contributed by atoms with E-state index < -0.39 is 0 Å². The highest BCUT2D eigenvalue weighted by Crippen LogP contribution is 2.24. The van der Waals surface area contributed by atoms with E-state index >= 15 is 0 Å². The third kappa shape index (κ3) is 3.97. The molecular formula is C15H24N2O. The minimum absolute atomic E-state index is 0.335. The number of carbonyl (C=O) groups is 1. The third-order valence-electron chi connectivity index (χ3n) is 3.98. The van der Waals surface area contributed by atoms with Gasteiger partial charge in [-0.25, -0.2) is 0 Å². The molecule has 1 aromatic heterocycles. The molecule has 1 saturated carbocycles. The highest BCUT2D eigenvalue weighted by Gasteiger charge is 2.18. The predicted octanol–water partition coefficient (Wildman–Crippen LogP) is 3.28. The van der Waals surface area contributed by atoms with Crippen molar-refractivity contribution in [3.8, 4) is 0 Å². The first-order valence-corrected chi connectivity index (χ1v) is 7.26. The molecule has 1 aromatic rings. The van der Waals surface area contributed by atoms with Gasteiger partial charge in [-0.15, -0.1) is 0 Å². The minimum atomic E-state index is 0.335. The summed E-state index contributed by atoms with van der Waals surface area (Å²) in [6, 6.07) is 0. The topological polar surface area (TPSA) is 34.9 Å². The second-order valence-electron chi connectivity index (χ2n) is 5.53. The molecule has 0 atom stereocenters. The summed E-state index contributed by atoms with van der Waals surface area (Å²) < 4.78 is 1.80. The van der Waals surface area contributed by atoms with Crippen molar-refractivity contribution >= 4 is 5.78 Å². The Kier molecular flexibility index (Phi) is 4.97. The normalized spacial score (nSPS) is 18.3. The van der Waals surface area contributed by atoms with Gasteiger partial charge < -0.3 is 0 Å². The van der Waals surface area contributed by atoms with Crippen molar-refractivity contribution in [3.63, 3.8) is 0 Å². The Labute approximate surface area is 110 Å². The number of hydrogen-bond acceptors (Lipinski definition) is 2. The molecule has 0 radical (unpaired) electrons. The van der Waals surface area contributed by atoms with E-state index in [0.29, 0.717) is 18.1 Å². The Morgan fingerprint density at radius 1 is 1.28 bits per heavy atom. The molecule has 3 heteroatoms. The van der Waals surface area contributed by atoms with E-state index in [4.69, 9.17) is 0 Å². The van der Waals surface area contributed by atoms with E-state index in [9.17, 15) is 4.79 Å². The number of ketones is 1. The first kappa shape index (κ1) is 13.3. The van der Waals surface area contributed by atoms with Crippen molar-refractivity contribution in [2.75, 3.05) is 0 Å². The van der Waals surface area contributed by atoms with E-state index in [1.807, 2.05) is 19.4 Å². The molecule has 1 aliphatic rings. The number of carbonyl (C=O) groups excluding carboxylic acids is 1. The average Bonchev–Trinajstić information content (AvgIpc) is 2.72. The number of rotatable bonds is 4. The van der Waals surface area contributed by atoms with Gasteiger partial charge in [0.1, 0.15) is 5.78 Å². The molecule has 18 heavy (non-hydrogen) atoms. The highest BCUT2D eigenvalue weighted by atomic mass is 16.1. The smallest absolute Gasteiger partial charge is 0.136 e. The van der Waals surface area contributed by atoms with Crippen LogP contribution in [0.5, 0.6) is 0 Å². The number of aromatic nitrogens is 2. The summed E-state index contributed by atoms with van der Waals surface area (Å²) in [5.41, 5.74) is 1.18. The molecule has 1 heterocycles. The molecule has 2 rings (SSSR count). The van der Waals surface area contributed by atoms with Crippen LogP contribution in [-0.2, 0) is 18.3 Å². The average molecular weight is 248 g/mol. The molecule has 1 aliphatic carbocycles. The van der Waals surface area contributed by atoms with Gasteiger partial charge in [-0.2, -0.15) is 5.10 Å². The van der Waals surface area contributed by atoms with Crippen LogP contribution in [0.25, 0.3) is 0 Å². The number of nitrogens with zero attached hydrogens (tertiary/aromatic N) is 2. The molecular weight excluding hydrogens is 224 g/mol. The summed E-state index contributed by atoms with van der Waals surface area (Å²) in [6.45, 7) is 0. The van der Waals surface area contributed by atoms with Crippen LogP contribution in [0.4, 0.5) is 0 Å². The van der Waals surface area contributed by atoms with Crippen LogP contribution in [-0.4, -0.2) is 15.6 Å². The monoisotopic (exact) mass is 248 g/mol. The molecule has 1 fully saturated rings. The minimum Gasteiger partial charge on any atom is -0.299 e. The van der Waals surface area contributed by atoms with Crippen LogP contribution in [0.15, 0.2) is 12.4 Å². The van der Waals surface area contributed by atoms with Gasteiger partial charge in [0.15, 0.2) is 0 Å². The van der Waals surface area contributed by atoms with Crippen LogP contribution in [0.1, 0.15) is 56.9 Å². The van der Waals surface area contributed by atoms with E-state index in [1.54, 1.807) is 4.68 Å². The number of Topliss-reactive ketones (excluding diaryl/α,β-unsaturated/α-hetero) is 1. The molecule has 0 amide bonds. The maximum absolute atomic E-state index is 12.2. The number of hydrogen-bond donors (Lipinski definition) is 0. The maximum atomic E-state index is 12.2. The Morgan fingerprint density at radius 2 is 1.94 bits per heavy atom. The fourth-order valence-electron chi connectivity index (χ4n) is 2.85. The van der Waals surface area contributed by atoms with Crippen LogP contribution in [0.2, 0.25) is 0 Å². The molecule has 0 bridgehead atoms. The van der Waals surface area contributed by atoms with Crippen LogP contribution < -0.4 is 0 Å². The zero-order valence-electron chi connectivity index (χ0n) is 11.4. The summed E-state index contributed by atoms with van der Waals surface area (Å²) in [4.78, 5) is 12.2. The fourth-order valence-corrected chi connectivity index (χ4v) is 2.85. The summed E-state index contributed by atoms with van der Waals surface area (Å²) in [5.74, 6) is 0.808. The summed E-state index contributed by atoms with van der Waals surface area (Å²) in [6.07, 6.45) is 14.1. The fraction of sp³-hybridized carbons (Fsp3) is 0.733. The molecule has 0 N–H and O–H groups in total. The molecule has 0 spiro atoms. The quantitative estimate of drug-likeness (QED) is 0.819. The zero-order valence-corrected chi connectivity index (χ0v) is 11.4. The van der Waals surface area contributed by atoms with Crippen molar-refractivity contribution in [2.45, 2.75) is 57.8 Å². The van der Waals surface area contributed by atoms with Crippen molar-refractivity contribution < 1.29 is 4.79 Å². The molecule has 0 unspecified atom stereocenters. The van der Waals surface area contributed by atoms with Gasteiger partial charge >= 0.3 is 0 Å². The van der Waals surface area contributed by atoms with E-state index in [-0.39, 0.29) is 0 Å².